The van der Waals surface area contributed by atoms with Crippen molar-refractivity contribution in [2.45, 2.75) is 32.0 Å². The average Bonchev–Trinajstić information content (AvgIpc) is 2.91. The highest BCUT2D eigenvalue weighted by Crippen LogP contribution is 2.36. The normalized spacial score (nSPS) is 18.4. The van der Waals surface area contributed by atoms with Crippen molar-refractivity contribution in [1.82, 2.24) is 14.5 Å². The molecule has 0 aliphatic carbocycles. The molecule has 8 heteroatoms. The molecule has 6 nitrogen and oxygen atoms in total. The lowest BCUT2D eigenvalue weighted by Gasteiger charge is -2.49. The summed E-state index contributed by atoms with van der Waals surface area (Å²) < 4.78 is 29.0. The van der Waals surface area contributed by atoms with Gasteiger partial charge in [0.05, 0.1) is 17.2 Å². The van der Waals surface area contributed by atoms with Crippen LogP contribution in [0.3, 0.4) is 0 Å². The molecule has 0 radical (unpaired) electrons. The largest absolute Gasteiger partial charge is 0.362 e. The van der Waals surface area contributed by atoms with E-state index in [1.54, 1.807) is 54.1 Å². The molecular formula is C29H27F2N5O. The summed E-state index contributed by atoms with van der Waals surface area (Å²) >= 11 is 0. The Balaban J connectivity index is 1.55. The van der Waals surface area contributed by atoms with Crippen LogP contribution in [0.15, 0.2) is 71.5 Å². The van der Waals surface area contributed by atoms with E-state index >= 15 is 0 Å². The van der Waals surface area contributed by atoms with Crippen molar-refractivity contribution < 1.29 is 8.78 Å². The van der Waals surface area contributed by atoms with Gasteiger partial charge < -0.3 is 14.3 Å². The number of halogens is 2. The van der Waals surface area contributed by atoms with Crippen LogP contribution in [0.25, 0.3) is 15.9 Å². The Labute approximate surface area is 214 Å². The third kappa shape index (κ3) is 4.47. The number of rotatable bonds is 4. The van der Waals surface area contributed by atoms with Crippen molar-refractivity contribution in [3.63, 3.8) is 0 Å². The van der Waals surface area contributed by atoms with Gasteiger partial charge in [0.25, 0.3) is 11.4 Å². The fourth-order valence-corrected chi connectivity index (χ4v) is 5.32. The summed E-state index contributed by atoms with van der Waals surface area (Å²) in [5.74, 6) is -0.340. The highest BCUT2D eigenvalue weighted by molar-refractivity contribution is 5.89. The van der Waals surface area contributed by atoms with E-state index in [1.807, 2.05) is 0 Å². The maximum absolute atomic E-state index is 13.7. The molecule has 188 valence electrons. The van der Waals surface area contributed by atoms with Gasteiger partial charge in [-0.3, -0.25) is 9.69 Å². The third-order valence-electron chi connectivity index (χ3n) is 7.49. The van der Waals surface area contributed by atoms with Crippen LogP contribution in [0, 0.1) is 18.2 Å². The van der Waals surface area contributed by atoms with Crippen molar-refractivity contribution >= 4 is 22.5 Å². The molecule has 3 heterocycles. The van der Waals surface area contributed by atoms with Gasteiger partial charge in [-0.15, -0.1) is 4.98 Å². The van der Waals surface area contributed by atoms with Crippen LogP contribution >= 0.6 is 0 Å². The number of nitrogens with zero attached hydrogens (tertiary/aromatic N) is 5. The monoisotopic (exact) mass is 499 g/mol. The third-order valence-corrected chi connectivity index (χ3v) is 7.49. The molecule has 1 aliphatic heterocycles. The number of fused-ring (bicyclic) bond motifs is 1. The molecule has 0 saturated carbocycles. The summed E-state index contributed by atoms with van der Waals surface area (Å²) in [6.45, 7) is 12.9. The van der Waals surface area contributed by atoms with Crippen molar-refractivity contribution in [2.24, 2.45) is 7.05 Å². The van der Waals surface area contributed by atoms with Crippen molar-refractivity contribution in [1.29, 1.82) is 0 Å². The summed E-state index contributed by atoms with van der Waals surface area (Å²) in [7, 11) is 1.70. The van der Waals surface area contributed by atoms with Gasteiger partial charge in [-0.2, -0.15) is 0 Å². The standard InChI is InChI=1S/C29H27F2N5O/c1-18-19(2)36(29(20-5-9-22(30)10-6-20)21-7-11-23(31)12-8-21)16-15-35(18)25-17-27(37)34(4)24-13-14-26(32-3)33-28(24)25/h5-14,17-19,29H,15-16H2,1-2,4H3. The van der Waals surface area contributed by atoms with E-state index in [2.05, 4.69) is 33.5 Å². The summed E-state index contributed by atoms with van der Waals surface area (Å²) in [5.41, 5.74) is 3.70. The van der Waals surface area contributed by atoms with E-state index in [4.69, 9.17) is 6.57 Å². The Morgan fingerprint density at radius 2 is 1.51 bits per heavy atom. The Morgan fingerprint density at radius 3 is 2.08 bits per heavy atom. The molecule has 2 atom stereocenters. The maximum atomic E-state index is 13.7. The van der Waals surface area contributed by atoms with Gasteiger partial charge in [0.2, 0.25) is 5.52 Å². The molecule has 2 aromatic carbocycles. The summed E-state index contributed by atoms with van der Waals surface area (Å²) in [5, 5.41) is 0. The minimum absolute atomic E-state index is 0.0111. The molecule has 0 amide bonds. The van der Waals surface area contributed by atoms with Gasteiger partial charge in [0.1, 0.15) is 11.6 Å². The Kier molecular flexibility index (Phi) is 6.48. The Bertz CT molecular complexity index is 1500. The van der Waals surface area contributed by atoms with Crippen molar-refractivity contribution in [3.05, 3.63) is 111 Å². The van der Waals surface area contributed by atoms with E-state index in [9.17, 15) is 13.6 Å². The van der Waals surface area contributed by atoms with Crippen LogP contribution in [0.5, 0.6) is 0 Å². The minimum atomic E-state index is -0.309. The van der Waals surface area contributed by atoms with E-state index in [0.717, 1.165) is 11.1 Å². The molecule has 0 spiro atoms. The van der Waals surface area contributed by atoms with Gasteiger partial charge in [0.15, 0.2) is 0 Å². The maximum Gasteiger partial charge on any atom is 0.270 e. The summed E-state index contributed by atoms with van der Waals surface area (Å²) in [6, 6.07) is 17.7. The molecule has 1 saturated heterocycles. The predicted molar refractivity (Wildman–Crippen MR) is 141 cm³/mol. The fourth-order valence-electron chi connectivity index (χ4n) is 5.32. The van der Waals surface area contributed by atoms with Gasteiger partial charge in [-0.25, -0.2) is 8.78 Å². The zero-order valence-electron chi connectivity index (χ0n) is 20.9. The number of hydrogen-bond acceptors (Lipinski definition) is 4. The van der Waals surface area contributed by atoms with Gasteiger partial charge in [-0.05, 0) is 61.4 Å². The highest BCUT2D eigenvalue weighted by atomic mass is 19.1. The van der Waals surface area contributed by atoms with Gasteiger partial charge in [-0.1, -0.05) is 30.8 Å². The zero-order valence-corrected chi connectivity index (χ0v) is 20.9. The van der Waals surface area contributed by atoms with Crippen LogP contribution in [0.1, 0.15) is 31.0 Å². The van der Waals surface area contributed by atoms with Crippen molar-refractivity contribution in [3.8, 4) is 0 Å². The fraction of sp³-hybridized carbons (Fsp3) is 0.276. The summed E-state index contributed by atoms with van der Waals surface area (Å²) in [6.07, 6.45) is 0. The number of benzene rings is 2. The van der Waals surface area contributed by atoms with Crippen LogP contribution in [0.4, 0.5) is 20.3 Å². The first-order valence-electron chi connectivity index (χ1n) is 12.2. The minimum Gasteiger partial charge on any atom is -0.362 e. The first kappa shape index (κ1) is 24.6. The second kappa shape index (κ2) is 9.75. The lowest BCUT2D eigenvalue weighted by Crippen LogP contribution is -2.58. The molecule has 5 rings (SSSR count). The van der Waals surface area contributed by atoms with Crippen LogP contribution in [-0.4, -0.2) is 39.6 Å². The van der Waals surface area contributed by atoms with Crippen LogP contribution in [-0.2, 0) is 7.05 Å². The summed E-state index contributed by atoms with van der Waals surface area (Å²) in [4.78, 5) is 25.4. The first-order valence-corrected chi connectivity index (χ1v) is 12.2. The second-order valence-corrected chi connectivity index (χ2v) is 9.49. The molecule has 1 aliphatic rings. The second-order valence-electron chi connectivity index (χ2n) is 9.49. The number of hydrogen-bond donors (Lipinski definition) is 0. The number of anilines is 1. The predicted octanol–water partition coefficient (Wildman–Crippen LogP) is 5.45. The lowest BCUT2D eigenvalue weighted by molar-refractivity contribution is 0.123. The van der Waals surface area contributed by atoms with Crippen molar-refractivity contribution in [2.75, 3.05) is 18.0 Å². The quantitative estimate of drug-likeness (QED) is 0.350. The number of piperazine rings is 1. The number of aryl methyl sites for hydroxylation is 1. The molecule has 37 heavy (non-hydrogen) atoms. The molecule has 1 fully saturated rings. The van der Waals surface area contributed by atoms with Gasteiger partial charge >= 0.3 is 0 Å². The van der Waals surface area contributed by atoms with E-state index in [0.29, 0.717) is 29.8 Å². The Morgan fingerprint density at radius 1 is 0.919 bits per heavy atom. The molecule has 2 aromatic heterocycles. The Hall–Kier alpha value is -4.09. The van der Waals surface area contributed by atoms with Crippen LogP contribution < -0.4 is 10.5 Å². The number of pyridine rings is 2. The molecule has 0 bridgehead atoms. The van der Waals surface area contributed by atoms with E-state index in [1.165, 1.54) is 24.3 Å². The number of aromatic nitrogens is 2. The van der Waals surface area contributed by atoms with Gasteiger partial charge in [0, 0.05) is 38.3 Å². The molecular weight excluding hydrogens is 472 g/mol. The topological polar surface area (TPSA) is 45.7 Å². The first-order chi connectivity index (χ1) is 17.8. The van der Waals surface area contributed by atoms with E-state index in [-0.39, 0.29) is 41.1 Å². The molecule has 4 aromatic rings. The van der Waals surface area contributed by atoms with E-state index < -0.39 is 0 Å². The molecule has 0 N–H and O–H groups in total. The zero-order chi connectivity index (χ0) is 26.3. The SMILES string of the molecule is [C-]#[N+]c1ccc2c(n1)c(N1CCN(C(c3ccc(F)cc3)c3ccc(F)cc3)C(C)C1C)cc(=O)n2C. The highest BCUT2D eigenvalue weighted by Gasteiger charge is 2.37. The smallest absolute Gasteiger partial charge is 0.270 e. The average molecular weight is 500 g/mol. The molecule has 2 unspecified atom stereocenters. The van der Waals surface area contributed by atoms with Crippen LogP contribution in [0.2, 0.25) is 0 Å². The lowest BCUT2D eigenvalue weighted by atomic mass is 9.92.